The van der Waals surface area contributed by atoms with Crippen LogP contribution in [-0.4, -0.2) is 19.0 Å². The van der Waals surface area contributed by atoms with Crippen LogP contribution in [-0.2, 0) is 0 Å². The molecule has 0 aliphatic carbocycles. The summed E-state index contributed by atoms with van der Waals surface area (Å²) in [5, 5.41) is 0. The predicted octanol–water partition coefficient (Wildman–Crippen LogP) is 1.88. The van der Waals surface area contributed by atoms with E-state index in [9.17, 15) is 0 Å². The van der Waals surface area contributed by atoms with Crippen LogP contribution in [0.3, 0.4) is 0 Å². The van der Waals surface area contributed by atoms with Crippen LogP contribution in [0.25, 0.3) is 0 Å². The summed E-state index contributed by atoms with van der Waals surface area (Å²) in [6.07, 6.45) is 7.14. The third-order valence-corrected chi connectivity index (χ3v) is 1.77. The van der Waals surface area contributed by atoms with Crippen LogP contribution in [0.15, 0.2) is 30.3 Å². The van der Waals surface area contributed by atoms with Crippen LogP contribution in [0.1, 0.15) is 11.6 Å². The van der Waals surface area contributed by atoms with Crippen molar-refractivity contribution < 1.29 is 0 Å². The van der Waals surface area contributed by atoms with E-state index in [0.717, 1.165) is 5.56 Å². The first-order valence-electron chi connectivity index (χ1n) is 3.89. The van der Waals surface area contributed by atoms with E-state index in [2.05, 4.69) is 5.92 Å². The molecule has 0 aliphatic heterocycles. The molecule has 1 unspecified atom stereocenters. The van der Waals surface area contributed by atoms with Crippen LogP contribution >= 0.6 is 0 Å². The van der Waals surface area contributed by atoms with Crippen molar-refractivity contribution in [2.75, 3.05) is 14.1 Å². The molecule has 0 amide bonds. The van der Waals surface area contributed by atoms with Gasteiger partial charge in [-0.2, -0.15) is 0 Å². The molecule has 1 nitrogen and oxygen atoms in total. The first-order chi connectivity index (χ1) is 5.75. The van der Waals surface area contributed by atoms with Crippen molar-refractivity contribution in [2.24, 2.45) is 0 Å². The zero-order chi connectivity index (χ0) is 8.97. The van der Waals surface area contributed by atoms with Crippen LogP contribution in [0.2, 0.25) is 0 Å². The SMILES string of the molecule is [C+]#CC(c1ccccc1)N(C)C. The van der Waals surface area contributed by atoms with Crippen molar-refractivity contribution in [1.29, 1.82) is 0 Å². The van der Waals surface area contributed by atoms with E-state index in [0.29, 0.717) is 0 Å². The Morgan fingerprint density at radius 2 is 1.83 bits per heavy atom. The summed E-state index contributed by atoms with van der Waals surface area (Å²) < 4.78 is 0. The third kappa shape index (κ3) is 1.97. The second-order valence-corrected chi connectivity index (χ2v) is 2.92. The third-order valence-electron chi connectivity index (χ3n) is 1.77. The van der Waals surface area contributed by atoms with Gasteiger partial charge in [0.25, 0.3) is 0 Å². The van der Waals surface area contributed by atoms with E-state index in [1.54, 1.807) is 0 Å². The summed E-state index contributed by atoms with van der Waals surface area (Å²) in [7, 11) is 3.89. The van der Waals surface area contributed by atoms with Gasteiger partial charge in [0.05, 0.1) is 0 Å². The van der Waals surface area contributed by atoms with Gasteiger partial charge in [0, 0.05) is 0 Å². The van der Waals surface area contributed by atoms with Crippen molar-refractivity contribution >= 4 is 0 Å². The summed E-state index contributed by atoms with van der Waals surface area (Å²) >= 11 is 0. The summed E-state index contributed by atoms with van der Waals surface area (Å²) in [4.78, 5) is 1.96. The number of benzene rings is 1. The number of hydrogen-bond donors (Lipinski definition) is 0. The topological polar surface area (TPSA) is 3.24 Å². The fourth-order valence-corrected chi connectivity index (χ4v) is 1.15. The molecule has 12 heavy (non-hydrogen) atoms. The Morgan fingerprint density at radius 3 is 2.25 bits per heavy atom. The molecule has 0 bridgehead atoms. The summed E-state index contributed by atoms with van der Waals surface area (Å²) in [5.74, 6) is 2.49. The van der Waals surface area contributed by atoms with Gasteiger partial charge in [0.2, 0.25) is 0 Å². The Labute approximate surface area is 74.0 Å². The van der Waals surface area contributed by atoms with Crippen LogP contribution in [0, 0.1) is 12.3 Å². The van der Waals surface area contributed by atoms with Crippen LogP contribution < -0.4 is 0 Å². The molecule has 0 aromatic heterocycles. The first kappa shape index (κ1) is 9.05. The van der Waals surface area contributed by atoms with Crippen molar-refractivity contribution in [3.63, 3.8) is 0 Å². The molecule has 0 saturated carbocycles. The van der Waals surface area contributed by atoms with Crippen LogP contribution in [0.5, 0.6) is 0 Å². The van der Waals surface area contributed by atoms with Gasteiger partial charge >= 0.3 is 73.3 Å². The number of nitrogens with zero attached hydrogens (tertiary/aromatic N) is 1. The average Bonchev–Trinajstić information content (AvgIpc) is 2.07. The summed E-state index contributed by atoms with van der Waals surface area (Å²) in [5.41, 5.74) is 1.11. The quantitative estimate of drug-likeness (QED) is 0.469. The Hall–Kier alpha value is -1.04. The first-order valence-corrected chi connectivity index (χ1v) is 3.89. The van der Waals surface area contributed by atoms with Crippen molar-refractivity contribution in [2.45, 2.75) is 6.04 Å². The molecule has 1 rings (SSSR count). The van der Waals surface area contributed by atoms with Crippen molar-refractivity contribution in [1.82, 2.24) is 4.90 Å². The molecular formula is C11H12N+. The monoisotopic (exact) mass is 158 g/mol. The molecule has 0 spiro atoms. The van der Waals surface area contributed by atoms with Gasteiger partial charge in [0.15, 0.2) is 0 Å². The molecule has 1 atom stereocenters. The molecule has 0 fully saturated rings. The van der Waals surface area contributed by atoms with Gasteiger partial charge in [-0.25, -0.2) is 0 Å². The summed E-state index contributed by atoms with van der Waals surface area (Å²) in [6.45, 7) is 0. The standard InChI is InChI=1S/C11H12N/c1-4-11(12(2)3)10-8-6-5-7-9-10/h5-9,11H,2-3H3/q+1. The van der Waals surface area contributed by atoms with Crippen molar-refractivity contribution in [3.8, 4) is 5.92 Å². The molecule has 0 heterocycles. The van der Waals surface area contributed by atoms with Gasteiger partial charge in [-0.15, -0.1) is 0 Å². The van der Waals surface area contributed by atoms with E-state index >= 15 is 0 Å². The van der Waals surface area contributed by atoms with E-state index < -0.39 is 0 Å². The normalized spacial score (nSPS) is 12.8. The van der Waals surface area contributed by atoms with Gasteiger partial charge < -0.3 is 0 Å². The molecule has 60 valence electrons. The van der Waals surface area contributed by atoms with Crippen molar-refractivity contribution in [3.05, 3.63) is 42.3 Å². The molecule has 1 aromatic carbocycles. The molecule has 0 radical (unpaired) electrons. The number of hydrogen-bond acceptors (Lipinski definition) is 1. The Bertz CT molecular complexity index is 269. The molecule has 0 saturated heterocycles. The summed E-state index contributed by atoms with van der Waals surface area (Å²) in [6, 6.07) is 9.91. The molecule has 0 aliphatic rings. The van der Waals surface area contributed by atoms with Gasteiger partial charge in [-0.05, 0) is 0 Å². The van der Waals surface area contributed by atoms with Crippen LogP contribution in [0.4, 0.5) is 0 Å². The fourth-order valence-electron chi connectivity index (χ4n) is 1.15. The van der Waals surface area contributed by atoms with Gasteiger partial charge in [0.1, 0.15) is 0 Å². The minimum absolute atomic E-state index is 0.0220. The molecule has 0 N–H and O–H groups in total. The van der Waals surface area contributed by atoms with Gasteiger partial charge in [-0.1, -0.05) is 0 Å². The second-order valence-electron chi connectivity index (χ2n) is 2.92. The Morgan fingerprint density at radius 1 is 1.25 bits per heavy atom. The molecule has 1 aromatic rings. The molecular weight excluding hydrogens is 146 g/mol. The Balaban J connectivity index is 2.90. The maximum absolute atomic E-state index is 7.14. The zero-order valence-electron chi connectivity index (χ0n) is 7.41. The minimum atomic E-state index is -0.0220. The fraction of sp³-hybridized carbons (Fsp3) is 0.273. The second kappa shape index (κ2) is 4.10. The number of rotatable bonds is 2. The van der Waals surface area contributed by atoms with E-state index in [-0.39, 0.29) is 6.04 Å². The Kier molecular flexibility index (Phi) is 3.09. The van der Waals surface area contributed by atoms with E-state index in [1.165, 1.54) is 0 Å². The van der Waals surface area contributed by atoms with Gasteiger partial charge in [-0.3, -0.25) is 0 Å². The van der Waals surface area contributed by atoms with E-state index in [4.69, 9.17) is 6.42 Å². The van der Waals surface area contributed by atoms with E-state index in [1.807, 2.05) is 49.3 Å². The average molecular weight is 158 g/mol. The zero-order valence-corrected chi connectivity index (χ0v) is 7.41. The molecule has 1 heteroatoms. The maximum atomic E-state index is 7.14. The predicted molar refractivity (Wildman–Crippen MR) is 50.0 cm³/mol.